The van der Waals surface area contributed by atoms with Gasteiger partial charge < -0.3 is 28.4 Å². The van der Waals surface area contributed by atoms with Crippen molar-refractivity contribution in [2.75, 3.05) is 13.2 Å². The molecule has 0 aromatic heterocycles. The average molecular weight is 422 g/mol. The molecule has 9 nitrogen and oxygen atoms in total. The topological polar surface area (TPSA) is 107 Å². The lowest BCUT2D eigenvalue weighted by molar-refractivity contribution is -0.295. The van der Waals surface area contributed by atoms with E-state index < -0.39 is 47.8 Å². The second-order valence-electron chi connectivity index (χ2n) is 7.83. The van der Waals surface area contributed by atoms with Gasteiger partial charge in [-0.2, -0.15) is 0 Å². The fraction of sp³-hybridized carbons (Fsp3) is 0.571. The molecule has 2 aliphatic rings. The third-order valence-electron chi connectivity index (χ3n) is 4.74. The Kier molecular flexibility index (Phi) is 6.16. The van der Waals surface area contributed by atoms with Crippen molar-refractivity contribution in [1.29, 1.82) is 0 Å². The zero-order chi connectivity index (χ0) is 22.1. The Morgan fingerprint density at radius 1 is 0.967 bits per heavy atom. The van der Waals surface area contributed by atoms with E-state index in [0.717, 1.165) is 5.56 Å². The quantitative estimate of drug-likeness (QED) is 0.502. The third kappa shape index (κ3) is 4.80. The van der Waals surface area contributed by atoms with Crippen molar-refractivity contribution in [1.82, 2.24) is 0 Å². The Morgan fingerprint density at radius 2 is 1.63 bits per heavy atom. The van der Waals surface area contributed by atoms with E-state index in [-0.39, 0.29) is 13.2 Å². The van der Waals surface area contributed by atoms with Gasteiger partial charge in [0.2, 0.25) is 0 Å². The van der Waals surface area contributed by atoms with Crippen molar-refractivity contribution >= 4 is 17.9 Å². The fourth-order valence-corrected chi connectivity index (χ4v) is 3.52. The van der Waals surface area contributed by atoms with Crippen LogP contribution in [0.4, 0.5) is 0 Å². The Hall–Kier alpha value is -2.49. The van der Waals surface area contributed by atoms with E-state index in [0.29, 0.717) is 5.56 Å². The van der Waals surface area contributed by atoms with Crippen molar-refractivity contribution in [2.24, 2.45) is 0 Å². The molecule has 3 rings (SSSR count). The highest BCUT2D eigenvalue weighted by Gasteiger charge is 2.66. The Labute approximate surface area is 174 Å². The summed E-state index contributed by atoms with van der Waals surface area (Å²) in [7, 11) is 0. The van der Waals surface area contributed by atoms with Crippen LogP contribution in [-0.4, -0.2) is 61.0 Å². The van der Waals surface area contributed by atoms with Crippen LogP contribution in [0.3, 0.4) is 0 Å². The molecular formula is C21H26O9. The van der Waals surface area contributed by atoms with Crippen molar-refractivity contribution in [3.8, 4) is 0 Å². The largest absolute Gasteiger partial charge is 0.459 e. The summed E-state index contributed by atoms with van der Waals surface area (Å²) in [6, 6.07) is 6.94. The lowest BCUT2D eigenvalue weighted by Gasteiger charge is -2.33. The molecule has 0 bridgehead atoms. The summed E-state index contributed by atoms with van der Waals surface area (Å²) >= 11 is 0. The first-order valence-electron chi connectivity index (χ1n) is 9.61. The van der Waals surface area contributed by atoms with E-state index in [1.165, 1.54) is 13.8 Å². The van der Waals surface area contributed by atoms with Gasteiger partial charge in [-0.15, -0.1) is 0 Å². The highest BCUT2D eigenvalue weighted by atomic mass is 16.8. The summed E-state index contributed by atoms with van der Waals surface area (Å²) in [6.07, 6.45) is -2.39. The van der Waals surface area contributed by atoms with E-state index in [4.69, 9.17) is 28.4 Å². The number of carbonyl (C=O) groups is 3. The molecule has 30 heavy (non-hydrogen) atoms. The van der Waals surface area contributed by atoms with Gasteiger partial charge in [0.1, 0.15) is 18.8 Å². The Bertz CT molecular complexity index is 816. The molecule has 9 heteroatoms. The second kappa shape index (κ2) is 8.33. The van der Waals surface area contributed by atoms with E-state index in [2.05, 4.69) is 0 Å². The summed E-state index contributed by atoms with van der Waals surface area (Å²) in [5.41, 5.74) is 1.41. The van der Waals surface area contributed by atoms with Gasteiger partial charge in [0.25, 0.3) is 5.79 Å². The van der Waals surface area contributed by atoms with Crippen molar-refractivity contribution in [3.05, 3.63) is 35.4 Å². The number of esters is 3. The Morgan fingerprint density at radius 3 is 2.23 bits per heavy atom. The van der Waals surface area contributed by atoms with Gasteiger partial charge in [0.05, 0.1) is 5.56 Å². The van der Waals surface area contributed by atoms with Crippen LogP contribution in [0.5, 0.6) is 0 Å². The maximum Gasteiger partial charge on any atom is 0.338 e. The van der Waals surface area contributed by atoms with Crippen molar-refractivity contribution < 1.29 is 42.8 Å². The first-order chi connectivity index (χ1) is 14.0. The number of fused-ring (bicyclic) bond motifs is 1. The molecule has 0 spiro atoms. The van der Waals surface area contributed by atoms with Crippen LogP contribution in [0.25, 0.3) is 0 Å². The molecule has 0 saturated carbocycles. The maximum absolute atomic E-state index is 12.4. The molecule has 1 aromatic carbocycles. The summed E-state index contributed by atoms with van der Waals surface area (Å²) < 4.78 is 33.6. The van der Waals surface area contributed by atoms with Gasteiger partial charge in [0.15, 0.2) is 18.5 Å². The molecule has 0 radical (unpaired) electrons. The highest BCUT2D eigenvalue weighted by Crippen LogP contribution is 2.45. The van der Waals surface area contributed by atoms with E-state index in [9.17, 15) is 14.4 Å². The van der Waals surface area contributed by atoms with Crippen LogP contribution in [-0.2, 0) is 38.0 Å². The molecule has 1 aromatic rings. The highest BCUT2D eigenvalue weighted by molar-refractivity contribution is 5.89. The van der Waals surface area contributed by atoms with Crippen LogP contribution in [0, 0.1) is 6.92 Å². The van der Waals surface area contributed by atoms with Gasteiger partial charge in [-0.1, -0.05) is 17.7 Å². The number of carbonyl (C=O) groups excluding carboxylic acids is 3. The van der Waals surface area contributed by atoms with Crippen molar-refractivity contribution in [3.63, 3.8) is 0 Å². The van der Waals surface area contributed by atoms with Gasteiger partial charge in [-0.25, -0.2) is 4.79 Å². The number of ether oxygens (including phenoxy) is 6. The maximum atomic E-state index is 12.4. The first-order valence-corrected chi connectivity index (χ1v) is 9.61. The fourth-order valence-electron chi connectivity index (χ4n) is 3.52. The number of aryl methyl sites for hydroxylation is 1. The lowest BCUT2D eigenvalue weighted by atomic mass is 10.1. The number of hydrogen-bond acceptors (Lipinski definition) is 9. The third-order valence-corrected chi connectivity index (χ3v) is 4.74. The number of rotatable bonds is 6. The first kappa shape index (κ1) is 22.2. The summed E-state index contributed by atoms with van der Waals surface area (Å²) in [5.74, 6) is -4.46. The van der Waals surface area contributed by atoms with E-state index in [1.807, 2.05) is 6.92 Å². The SMILES string of the molecule is CC(=O)OC[C@]1(OC(C)=O)O[C@H](COC(=O)c2ccc(C)cc2)[C@H]2OC(C)(C)O[C@H]21. The normalized spacial score (nSPS) is 29.2. The molecule has 164 valence electrons. The number of hydrogen-bond donors (Lipinski definition) is 0. The smallest absolute Gasteiger partial charge is 0.338 e. The van der Waals surface area contributed by atoms with Gasteiger partial charge in [0, 0.05) is 13.8 Å². The second-order valence-corrected chi connectivity index (χ2v) is 7.83. The molecule has 2 saturated heterocycles. The monoisotopic (exact) mass is 422 g/mol. The summed E-state index contributed by atoms with van der Waals surface area (Å²) in [5, 5.41) is 0. The van der Waals surface area contributed by atoms with Gasteiger partial charge in [-0.3, -0.25) is 9.59 Å². The molecule has 0 amide bonds. The summed E-state index contributed by atoms with van der Waals surface area (Å²) in [4.78, 5) is 35.5. The zero-order valence-corrected chi connectivity index (χ0v) is 17.6. The average Bonchev–Trinajstić information content (AvgIpc) is 3.11. The van der Waals surface area contributed by atoms with Gasteiger partial charge in [-0.05, 0) is 32.9 Å². The van der Waals surface area contributed by atoms with Crippen LogP contribution in [0.2, 0.25) is 0 Å². The van der Waals surface area contributed by atoms with Crippen LogP contribution >= 0.6 is 0 Å². The predicted octanol–water partition coefficient (Wildman–Crippen LogP) is 1.89. The van der Waals surface area contributed by atoms with E-state index >= 15 is 0 Å². The van der Waals surface area contributed by atoms with Gasteiger partial charge >= 0.3 is 17.9 Å². The van der Waals surface area contributed by atoms with Crippen LogP contribution in [0.15, 0.2) is 24.3 Å². The predicted molar refractivity (Wildman–Crippen MR) is 101 cm³/mol. The van der Waals surface area contributed by atoms with E-state index in [1.54, 1.807) is 38.1 Å². The molecule has 2 fully saturated rings. The Balaban J connectivity index is 1.78. The molecule has 0 N–H and O–H groups in total. The minimum atomic E-state index is -1.71. The van der Waals surface area contributed by atoms with Crippen molar-refractivity contribution in [2.45, 2.75) is 64.5 Å². The molecule has 0 unspecified atom stereocenters. The standard InChI is InChI=1S/C21H26O9/c1-12-6-8-15(9-7-12)19(24)25-10-16-17-18(30-20(4,5)29-17)21(28-16,27-14(3)23)11-26-13(2)22/h6-9,16-18H,10-11H2,1-5H3/t16-,17-,18-,21+/m1/s1. The minimum absolute atomic E-state index is 0.170. The lowest BCUT2D eigenvalue weighted by Crippen LogP contribution is -2.50. The summed E-state index contributed by atoms with van der Waals surface area (Å²) in [6.45, 7) is 7.19. The van der Waals surface area contributed by atoms with Crippen LogP contribution in [0.1, 0.15) is 43.6 Å². The molecule has 4 atom stereocenters. The molecule has 2 heterocycles. The zero-order valence-electron chi connectivity index (χ0n) is 17.6. The molecule has 0 aliphatic carbocycles. The number of benzene rings is 1. The van der Waals surface area contributed by atoms with Crippen LogP contribution < -0.4 is 0 Å². The molecule has 2 aliphatic heterocycles. The molecular weight excluding hydrogens is 396 g/mol. The minimum Gasteiger partial charge on any atom is -0.459 e.